The zero-order chi connectivity index (χ0) is 12.3. The van der Waals surface area contributed by atoms with Gasteiger partial charge in [-0.25, -0.2) is 0 Å². The van der Waals surface area contributed by atoms with Crippen molar-refractivity contribution in [2.45, 2.75) is 32.7 Å². The molecule has 17 heavy (non-hydrogen) atoms. The van der Waals surface area contributed by atoms with Crippen LogP contribution in [0.25, 0.3) is 0 Å². The number of carboxylic acids is 1. The molecular weight excluding hydrogens is 222 g/mol. The lowest BCUT2D eigenvalue weighted by Gasteiger charge is -2.12. The van der Waals surface area contributed by atoms with Gasteiger partial charge in [0.2, 0.25) is 5.89 Å². The number of aliphatic carboxylic acids is 1. The molecule has 6 heteroatoms. The minimum atomic E-state index is -0.711. The fraction of sp³-hybridized carbons (Fsp3) is 0.727. The summed E-state index contributed by atoms with van der Waals surface area (Å²) in [5.41, 5.74) is 0. The highest BCUT2D eigenvalue weighted by molar-refractivity contribution is 5.66. The van der Waals surface area contributed by atoms with Crippen LogP contribution in [0, 0.1) is 12.8 Å². The first kappa shape index (κ1) is 12.0. The van der Waals surface area contributed by atoms with Crippen LogP contribution in [0.1, 0.15) is 31.0 Å². The molecule has 1 fully saturated rings. The van der Waals surface area contributed by atoms with E-state index in [0.717, 1.165) is 25.9 Å². The van der Waals surface area contributed by atoms with Gasteiger partial charge < -0.3 is 9.63 Å². The summed E-state index contributed by atoms with van der Waals surface area (Å²) in [6.45, 7) is 4.38. The van der Waals surface area contributed by atoms with Gasteiger partial charge in [-0.3, -0.25) is 9.69 Å². The third-order valence-corrected chi connectivity index (χ3v) is 3.07. The molecule has 0 saturated carbocycles. The first-order valence-electron chi connectivity index (χ1n) is 5.87. The molecule has 0 aliphatic carbocycles. The summed E-state index contributed by atoms with van der Waals surface area (Å²) in [6.07, 6.45) is 2.08. The van der Waals surface area contributed by atoms with E-state index in [1.807, 2.05) is 0 Å². The molecule has 0 spiro atoms. The summed E-state index contributed by atoms with van der Waals surface area (Å²) in [4.78, 5) is 16.9. The maximum atomic E-state index is 10.5. The van der Waals surface area contributed by atoms with Crippen LogP contribution in [0.2, 0.25) is 0 Å². The van der Waals surface area contributed by atoms with Crippen molar-refractivity contribution in [1.82, 2.24) is 15.0 Å². The fourth-order valence-corrected chi connectivity index (χ4v) is 2.23. The number of likely N-dealkylation sites (tertiary alicyclic amines) is 1. The van der Waals surface area contributed by atoms with E-state index in [2.05, 4.69) is 15.0 Å². The van der Waals surface area contributed by atoms with E-state index in [-0.39, 0.29) is 6.42 Å². The van der Waals surface area contributed by atoms with Crippen LogP contribution >= 0.6 is 0 Å². The molecule has 1 aliphatic heterocycles. The van der Waals surface area contributed by atoms with Crippen LogP contribution in [0.3, 0.4) is 0 Å². The van der Waals surface area contributed by atoms with Crippen LogP contribution in [0.15, 0.2) is 4.52 Å². The largest absolute Gasteiger partial charge is 0.481 e. The van der Waals surface area contributed by atoms with Crippen LogP contribution in [0.4, 0.5) is 0 Å². The van der Waals surface area contributed by atoms with Crippen molar-refractivity contribution in [3.8, 4) is 0 Å². The highest BCUT2D eigenvalue weighted by Crippen LogP contribution is 2.22. The summed E-state index contributed by atoms with van der Waals surface area (Å²) in [5, 5.41) is 12.5. The van der Waals surface area contributed by atoms with Gasteiger partial charge >= 0.3 is 5.97 Å². The minimum absolute atomic E-state index is 0.264. The van der Waals surface area contributed by atoms with Gasteiger partial charge in [-0.15, -0.1) is 0 Å². The number of aromatic nitrogens is 2. The SMILES string of the molecule is Cc1nc(CN2CCC(CCC(=O)O)C2)no1. The highest BCUT2D eigenvalue weighted by Gasteiger charge is 2.23. The Balaban J connectivity index is 1.76. The van der Waals surface area contributed by atoms with Crippen molar-refractivity contribution >= 4 is 5.97 Å². The third kappa shape index (κ3) is 3.52. The van der Waals surface area contributed by atoms with Crippen molar-refractivity contribution in [1.29, 1.82) is 0 Å². The van der Waals surface area contributed by atoms with Crippen LogP contribution < -0.4 is 0 Å². The van der Waals surface area contributed by atoms with Gasteiger partial charge in [0.1, 0.15) is 0 Å². The van der Waals surface area contributed by atoms with Crippen LogP contribution in [-0.4, -0.2) is 39.2 Å². The van der Waals surface area contributed by atoms with E-state index < -0.39 is 5.97 Å². The molecule has 1 N–H and O–H groups in total. The molecule has 2 rings (SSSR count). The summed E-state index contributed by atoms with van der Waals surface area (Å²) in [5.74, 6) is 1.07. The average molecular weight is 239 g/mol. The Morgan fingerprint density at radius 2 is 2.47 bits per heavy atom. The predicted molar refractivity (Wildman–Crippen MR) is 59.3 cm³/mol. The van der Waals surface area contributed by atoms with Crippen LogP contribution in [-0.2, 0) is 11.3 Å². The monoisotopic (exact) mass is 239 g/mol. The van der Waals surface area contributed by atoms with Gasteiger partial charge in [0, 0.05) is 19.9 Å². The van der Waals surface area contributed by atoms with Crippen molar-refractivity contribution < 1.29 is 14.4 Å². The molecule has 2 heterocycles. The highest BCUT2D eigenvalue weighted by atomic mass is 16.5. The third-order valence-electron chi connectivity index (χ3n) is 3.07. The number of hydrogen-bond donors (Lipinski definition) is 1. The van der Waals surface area contributed by atoms with Gasteiger partial charge in [0.25, 0.3) is 0 Å². The number of carbonyl (C=O) groups is 1. The van der Waals surface area contributed by atoms with Crippen molar-refractivity contribution in [2.75, 3.05) is 13.1 Å². The van der Waals surface area contributed by atoms with E-state index in [4.69, 9.17) is 9.63 Å². The van der Waals surface area contributed by atoms with Gasteiger partial charge in [0.15, 0.2) is 5.82 Å². The van der Waals surface area contributed by atoms with E-state index in [9.17, 15) is 4.79 Å². The molecule has 0 amide bonds. The zero-order valence-corrected chi connectivity index (χ0v) is 9.93. The smallest absolute Gasteiger partial charge is 0.303 e. The number of hydrogen-bond acceptors (Lipinski definition) is 5. The second kappa shape index (κ2) is 5.27. The van der Waals surface area contributed by atoms with Crippen molar-refractivity contribution in [2.24, 2.45) is 5.92 Å². The fourth-order valence-electron chi connectivity index (χ4n) is 2.23. The maximum Gasteiger partial charge on any atom is 0.303 e. The number of carboxylic acid groups (broad SMARTS) is 1. The molecule has 1 aromatic rings. The lowest BCUT2D eigenvalue weighted by molar-refractivity contribution is -0.137. The number of rotatable bonds is 5. The molecule has 94 valence electrons. The zero-order valence-electron chi connectivity index (χ0n) is 9.93. The maximum absolute atomic E-state index is 10.5. The Labute approximate surface area is 99.6 Å². The summed E-state index contributed by atoms with van der Waals surface area (Å²) in [6, 6.07) is 0. The Morgan fingerprint density at radius 3 is 3.12 bits per heavy atom. The molecule has 0 aromatic carbocycles. The Bertz CT molecular complexity index is 391. The van der Waals surface area contributed by atoms with Crippen molar-refractivity contribution in [3.05, 3.63) is 11.7 Å². The number of nitrogens with zero attached hydrogens (tertiary/aromatic N) is 3. The van der Waals surface area contributed by atoms with Gasteiger partial charge in [-0.1, -0.05) is 5.16 Å². The number of aryl methyl sites for hydroxylation is 1. The van der Waals surface area contributed by atoms with E-state index in [1.165, 1.54) is 0 Å². The molecule has 1 unspecified atom stereocenters. The molecular formula is C11H17N3O3. The predicted octanol–water partition coefficient (Wildman–Crippen LogP) is 1.06. The van der Waals surface area contributed by atoms with Crippen molar-refractivity contribution in [3.63, 3.8) is 0 Å². The second-order valence-electron chi connectivity index (χ2n) is 4.55. The van der Waals surface area contributed by atoms with E-state index in [0.29, 0.717) is 24.2 Å². The molecule has 1 saturated heterocycles. The minimum Gasteiger partial charge on any atom is -0.481 e. The average Bonchev–Trinajstić information content (AvgIpc) is 2.86. The molecule has 0 radical (unpaired) electrons. The molecule has 1 atom stereocenters. The topological polar surface area (TPSA) is 79.5 Å². The quantitative estimate of drug-likeness (QED) is 0.827. The molecule has 1 aromatic heterocycles. The lowest BCUT2D eigenvalue weighted by atomic mass is 10.0. The Hall–Kier alpha value is -1.43. The summed E-state index contributed by atoms with van der Waals surface area (Å²) in [7, 11) is 0. The normalized spacial score (nSPS) is 20.9. The van der Waals surface area contributed by atoms with E-state index in [1.54, 1.807) is 6.92 Å². The molecule has 6 nitrogen and oxygen atoms in total. The van der Waals surface area contributed by atoms with Gasteiger partial charge in [-0.2, -0.15) is 4.98 Å². The lowest BCUT2D eigenvalue weighted by Crippen LogP contribution is -2.21. The van der Waals surface area contributed by atoms with Gasteiger partial charge in [0.05, 0.1) is 6.54 Å². The summed E-state index contributed by atoms with van der Waals surface area (Å²) < 4.78 is 4.92. The molecule has 0 bridgehead atoms. The first-order chi connectivity index (χ1) is 8.13. The summed E-state index contributed by atoms with van der Waals surface area (Å²) >= 11 is 0. The molecule has 1 aliphatic rings. The second-order valence-corrected chi connectivity index (χ2v) is 4.55. The van der Waals surface area contributed by atoms with Gasteiger partial charge in [-0.05, 0) is 25.3 Å². The Morgan fingerprint density at radius 1 is 1.65 bits per heavy atom. The Kier molecular flexibility index (Phi) is 3.73. The standard InChI is InChI=1S/C11H17N3O3/c1-8-12-10(13-17-8)7-14-5-4-9(6-14)2-3-11(15)16/h9H,2-7H2,1H3,(H,15,16). The first-order valence-corrected chi connectivity index (χ1v) is 5.87. The van der Waals surface area contributed by atoms with Crippen LogP contribution in [0.5, 0.6) is 0 Å². The van der Waals surface area contributed by atoms with E-state index >= 15 is 0 Å².